The summed E-state index contributed by atoms with van der Waals surface area (Å²) in [6.07, 6.45) is 1.47. The Labute approximate surface area is 271 Å². The molecule has 0 unspecified atom stereocenters. The van der Waals surface area contributed by atoms with Crippen LogP contribution in [-0.2, 0) is 35.3 Å². The van der Waals surface area contributed by atoms with Crippen molar-refractivity contribution in [1.29, 1.82) is 0 Å². The number of carbonyl (C=O) groups is 2. The van der Waals surface area contributed by atoms with Crippen molar-refractivity contribution in [2.24, 2.45) is 11.8 Å². The number of hydrogen-bond acceptors (Lipinski definition) is 5. The summed E-state index contributed by atoms with van der Waals surface area (Å²) in [5, 5.41) is 25.5. The highest BCUT2D eigenvalue weighted by Gasteiger charge is 2.41. The number of rotatable bonds is 12. The number of nitrogens with two attached hydrogens (primary N) is 1. The van der Waals surface area contributed by atoms with E-state index >= 15 is 0 Å². The normalized spacial score (nSPS) is 22.0. The maximum atomic E-state index is 13.9. The minimum Gasteiger partial charge on any atom is -0.399 e. The number of anilines is 1. The van der Waals surface area contributed by atoms with Gasteiger partial charge in [0, 0.05) is 36.5 Å². The number of fused-ring (bicyclic) bond motifs is 1. The molecule has 0 saturated carbocycles. The molecule has 1 fully saturated rings. The standard InChI is InChI=1S/C39H43N3O4/c40-32-16-9-14-28(20-32)19-31-22-33(21-27-12-5-2-6-13-27)42(39(31)46)25-34(43)23-30(18-26-10-3-1-4-11-26)38(45)41-37-35-17-8-7-15-29(35)24-36(37)44/h1-17,20,30-31,33-34,36-37,43-44H,18-19,21-25,40H2,(H,41,45)/t30-,31+,33+,34+,36-,37+/m1/s1. The van der Waals surface area contributed by atoms with E-state index in [1.54, 1.807) is 0 Å². The van der Waals surface area contributed by atoms with Crippen molar-refractivity contribution < 1.29 is 19.8 Å². The number of nitrogens with zero attached hydrogens (tertiary/aromatic N) is 1. The molecule has 6 atom stereocenters. The van der Waals surface area contributed by atoms with Crippen LogP contribution in [0.5, 0.6) is 0 Å². The fourth-order valence-corrected chi connectivity index (χ4v) is 7.30. The summed E-state index contributed by atoms with van der Waals surface area (Å²) >= 11 is 0. The third kappa shape index (κ3) is 7.49. The zero-order valence-corrected chi connectivity index (χ0v) is 26.0. The number of β-amino-alcohol motifs (C(OH)–C–C–N with tert-alkyl or cyclic N) is 1. The first-order chi connectivity index (χ1) is 22.3. The molecule has 0 bridgehead atoms. The Bertz CT molecular complexity index is 1630. The Morgan fingerprint density at radius 2 is 1.54 bits per heavy atom. The van der Waals surface area contributed by atoms with E-state index in [2.05, 4.69) is 17.4 Å². The van der Waals surface area contributed by atoms with Gasteiger partial charge in [0.1, 0.15) is 0 Å². The second kappa shape index (κ2) is 14.3. The number of hydrogen-bond donors (Lipinski definition) is 4. The van der Waals surface area contributed by atoms with E-state index in [0.717, 1.165) is 27.8 Å². The molecule has 2 aliphatic rings. The lowest BCUT2D eigenvalue weighted by Gasteiger charge is -2.29. The molecule has 46 heavy (non-hydrogen) atoms. The number of carbonyl (C=O) groups excluding carboxylic acids is 2. The quantitative estimate of drug-likeness (QED) is 0.173. The van der Waals surface area contributed by atoms with Gasteiger partial charge < -0.3 is 26.2 Å². The maximum absolute atomic E-state index is 13.9. The van der Waals surface area contributed by atoms with Gasteiger partial charge in [-0.2, -0.15) is 0 Å². The molecule has 238 valence electrons. The van der Waals surface area contributed by atoms with Crippen LogP contribution in [0, 0.1) is 11.8 Å². The Balaban J connectivity index is 1.19. The number of nitrogen functional groups attached to an aromatic ring is 1. The fraction of sp³-hybridized carbons (Fsp3) is 0.333. The number of amides is 2. The lowest BCUT2D eigenvalue weighted by atomic mass is 9.91. The van der Waals surface area contributed by atoms with E-state index in [1.807, 2.05) is 102 Å². The topological polar surface area (TPSA) is 116 Å². The van der Waals surface area contributed by atoms with E-state index in [9.17, 15) is 19.8 Å². The van der Waals surface area contributed by atoms with Crippen LogP contribution in [0.1, 0.15) is 46.7 Å². The predicted octanol–water partition coefficient (Wildman–Crippen LogP) is 4.66. The molecule has 6 rings (SSSR count). The Hall–Kier alpha value is -4.46. The van der Waals surface area contributed by atoms with Crippen LogP contribution in [0.4, 0.5) is 5.69 Å². The lowest BCUT2D eigenvalue weighted by Crippen LogP contribution is -2.43. The lowest BCUT2D eigenvalue weighted by molar-refractivity contribution is -0.133. The molecule has 4 aromatic carbocycles. The summed E-state index contributed by atoms with van der Waals surface area (Å²) in [6.45, 7) is 0.150. The summed E-state index contributed by atoms with van der Waals surface area (Å²) in [5.74, 6) is -0.949. The van der Waals surface area contributed by atoms with E-state index < -0.39 is 24.2 Å². The zero-order valence-electron chi connectivity index (χ0n) is 26.0. The molecule has 5 N–H and O–H groups in total. The molecular weight excluding hydrogens is 574 g/mol. The molecule has 1 aliphatic heterocycles. The highest BCUT2D eigenvalue weighted by Crippen LogP contribution is 2.33. The van der Waals surface area contributed by atoms with Gasteiger partial charge in [-0.1, -0.05) is 97.1 Å². The molecule has 4 aromatic rings. The molecule has 7 heteroatoms. The smallest absolute Gasteiger partial charge is 0.226 e. The van der Waals surface area contributed by atoms with Crippen molar-refractivity contribution in [3.8, 4) is 0 Å². The predicted molar refractivity (Wildman–Crippen MR) is 180 cm³/mol. The first-order valence-corrected chi connectivity index (χ1v) is 16.3. The van der Waals surface area contributed by atoms with E-state index in [-0.39, 0.29) is 36.7 Å². The average Bonchev–Trinajstić information content (AvgIpc) is 3.52. The van der Waals surface area contributed by atoms with Crippen molar-refractivity contribution in [3.05, 3.63) is 137 Å². The number of aliphatic hydroxyl groups excluding tert-OH is 2. The van der Waals surface area contributed by atoms with Crippen molar-refractivity contribution in [2.75, 3.05) is 12.3 Å². The van der Waals surface area contributed by atoms with Crippen molar-refractivity contribution >= 4 is 17.5 Å². The number of benzene rings is 4. The van der Waals surface area contributed by atoms with Crippen LogP contribution in [0.15, 0.2) is 109 Å². The van der Waals surface area contributed by atoms with Gasteiger partial charge in [0.25, 0.3) is 0 Å². The van der Waals surface area contributed by atoms with Gasteiger partial charge in [-0.05, 0) is 72.1 Å². The number of likely N-dealkylation sites (tertiary alicyclic amines) is 1. The molecule has 1 heterocycles. The largest absolute Gasteiger partial charge is 0.399 e. The van der Waals surface area contributed by atoms with Crippen LogP contribution in [0.2, 0.25) is 0 Å². The van der Waals surface area contributed by atoms with E-state index in [4.69, 9.17) is 5.73 Å². The summed E-state index contributed by atoms with van der Waals surface area (Å²) in [5.41, 5.74) is 11.8. The third-order valence-electron chi connectivity index (χ3n) is 9.54. The maximum Gasteiger partial charge on any atom is 0.226 e. The molecule has 1 aliphatic carbocycles. The summed E-state index contributed by atoms with van der Waals surface area (Å²) in [4.78, 5) is 29.6. The van der Waals surface area contributed by atoms with Crippen LogP contribution in [0.25, 0.3) is 0 Å². The van der Waals surface area contributed by atoms with E-state index in [1.165, 1.54) is 0 Å². The van der Waals surface area contributed by atoms with E-state index in [0.29, 0.717) is 37.8 Å². The number of nitrogens with one attached hydrogen (secondary N) is 1. The van der Waals surface area contributed by atoms with Gasteiger partial charge in [-0.25, -0.2) is 0 Å². The van der Waals surface area contributed by atoms with Gasteiger partial charge >= 0.3 is 0 Å². The first kappa shape index (κ1) is 31.5. The second-order valence-electron chi connectivity index (χ2n) is 12.9. The first-order valence-electron chi connectivity index (χ1n) is 16.3. The van der Waals surface area contributed by atoms with Gasteiger partial charge in [0.2, 0.25) is 11.8 Å². The zero-order chi connectivity index (χ0) is 32.0. The molecule has 1 saturated heterocycles. The highest BCUT2D eigenvalue weighted by molar-refractivity contribution is 5.82. The molecule has 0 spiro atoms. The Kier molecular flexibility index (Phi) is 9.81. The summed E-state index contributed by atoms with van der Waals surface area (Å²) < 4.78 is 0. The summed E-state index contributed by atoms with van der Waals surface area (Å²) in [7, 11) is 0. The highest BCUT2D eigenvalue weighted by atomic mass is 16.3. The third-order valence-corrected chi connectivity index (χ3v) is 9.54. The average molecular weight is 618 g/mol. The van der Waals surface area contributed by atoms with Crippen molar-refractivity contribution in [3.63, 3.8) is 0 Å². The number of aliphatic hydroxyl groups is 2. The van der Waals surface area contributed by atoms with Crippen molar-refractivity contribution in [1.82, 2.24) is 10.2 Å². The van der Waals surface area contributed by atoms with Crippen molar-refractivity contribution in [2.45, 2.75) is 62.8 Å². The van der Waals surface area contributed by atoms with Crippen LogP contribution >= 0.6 is 0 Å². The molecule has 0 radical (unpaired) electrons. The molecular formula is C39H43N3O4. The summed E-state index contributed by atoms with van der Waals surface area (Å²) in [6, 6.07) is 34.8. The Morgan fingerprint density at radius 1 is 0.870 bits per heavy atom. The van der Waals surface area contributed by atoms with Gasteiger partial charge in [-0.3, -0.25) is 9.59 Å². The monoisotopic (exact) mass is 617 g/mol. The van der Waals surface area contributed by atoms with Crippen LogP contribution in [0.3, 0.4) is 0 Å². The molecule has 0 aromatic heterocycles. The molecule has 7 nitrogen and oxygen atoms in total. The van der Waals surface area contributed by atoms with Gasteiger partial charge in [0.05, 0.1) is 18.2 Å². The molecule has 2 amide bonds. The van der Waals surface area contributed by atoms with Gasteiger partial charge in [0.15, 0.2) is 0 Å². The van der Waals surface area contributed by atoms with Gasteiger partial charge in [-0.15, -0.1) is 0 Å². The van der Waals surface area contributed by atoms with Crippen LogP contribution < -0.4 is 11.1 Å². The Morgan fingerprint density at radius 3 is 2.28 bits per heavy atom. The minimum absolute atomic E-state index is 0.0251. The SMILES string of the molecule is Nc1cccc(C[C@H]2C[C@H](Cc3ccccc3)N(C[C@@H](O)C[C@@H](Cc3ccccc3)C(=O)N[C@H]3c4ccccc4C[C@H]3O)C2=O)c1. The van der Waals surface area contributed by atoms with Crippen LogP contribution in [-0.4, -0.2) is 51.7 Å². The second-order valence-corrected chi connectivity index (χ2v) is 12.9. The fourth-order valence-electron chi connectivity index (χ4n) is 7.30. The minimum atomic E-state index is -0.909.